The highest BCUT2D eigenvalue weighted by Crippen LogP contribution is 2.37. The Kier molecular flexibility index (Phi) is 7.22. The van der Waals surface area contributed by atoms with Crippen molar-refractivity contribution in [1.82, 2.24) is 4.98 Å². The lowest BCUT2D eigenvalue weighted by Gasteiger charge is -2.34. The number of nitrogens with zero attached hydrogens (tertiary/aromatic N) is 1. The largest absolute Gasteiger partial charge is 0.247 e. The highest BCUT2D eigenvalue weighted by Gasteiger charge is 2.41. The quantitative estimate of drug-likeness (QED) is 0.100. The molecule has 0 bridgehead atoms. The lowest BCUT2D eigenvalue weighted by molar-refractivity contribution is 1.43. The molecule has 2 heteroatoms. The van der Waals surface area contributed by atoms with Crippen LogP contribution in [-0.4, -0.2) is 13.1 Å². The van der Waals surface area contributed by atoms with Crippen molar-refractivity contribution < 1.29 is 0 Å². The Hall–Kier alpha value is -6.09. The van der Waals surface area contributed by atoms with Crippen LogP contribution in [0.5, 0.6) is 0 Å². The second-order valence-electron chi connectivity index (χ2n) is 12.7. The third-order valence-corrected chi connectivity index (χ3v) is 14.8. The first-order valence-electron chi connectivity index (χ1n) is 16.9. The molecule has 0 amide bonds. The van der Waals surface area contributed by atoms with Crippen LogP contribution < -0.4 is 20.7 Å². The number of rotatable bonds is 6. The molecule has 0 radical (unpaired) electrons. The molecule has 0 saturated carbocycles. The summed E-state index contributed by atoms with van der Waals surface area (Å²) in [4.78, 5) is 5.27. The minimum atomic E-state index is -2.58. The van der Waals surface area contributed by atoms with Crippen molar-refractivity contribution in [2.45, 2.75) is 0 Å². The summed E-state index contributed by atoms with van der Waals surface area (Å²) < 4.78 is 0. The Labute approximate surface area is 287 Å². The summed E-state index contributed by atoms with van der Waals surface area (Å²) in [5.41, 5.74) is 5.52. The molecule has 0 saturated heterocycles. The third-order valence-electron chi connectivity index (χ3n) is 10.00. The first-order chi connectivity index (χ1) is 24.3. The van der Waals surface area contributed by atoms with Gasteiger partial charge in [0.2, 0.25) is 0 Å². The molecule has 1 heterocycles. The average Bonchev–Trinajstić information content (AvgIpc) is 3.19. The highest BCUT2D eigenvalue weighted by molar-refractivity contribution is 7.19. The summed E-state index contributed by atoms with van der Waals surface area (Å²) in [5.74, 6) is 0. The number of fused-ring (bicyclic) bond motifs is 5. The number of benzene rings is 8. The standard InChI is InChI=1S/C47H33NSi/c1-4-18-38(19-5-1)49(39-20-6-2-7-21-39,40-22-8-3-9-23-40)41-30-27-34(28-31-41)36-16-14-17-37(33-36)47-44-32-29-35-15-10-11-24-42(35)46(44)43-25-12-13-26-45(43)48-47/h1-33H. The van der Waals surface area contributed by atoms with Gasteiger partial charge in [-0.3, -0.25) is 0 Å². The van der Waals surface area contributed by atoms with Gasteiger partial charge in [0, 0.05) is 21.7 Å². The van der Waals surface area contributed by atoms with Crippen molar-refractivity contribution in [1.29, 1.82) is 0 Å². The van der Waals surface area contributed by atoms with Crippen molar-refractivity contribution in [2.24, 2.45) is 0 Å². The first kappa shape index (κ1) is 29.1. The van der Waals surface area contributed by atoms with Crippen molar-refractivity contribution in [2.75, 3.05) is 0 Å². The van der Waals surface area contributed by atoms with Crippen LogP contribution in [0.4, 0.5) is 0 Å². The molecule has 0 spiro atoms. The van der Waals surface area contributed by atoms with Crippen LogP contribution in [0.1, 0.15) is 0 Å². The molecule has 0 aliphatic heterocycles. The summed E-state index contributed by atoms with van der Waals surface area (Å²) in [5, 5.41) is 11.6. The summed E-state index contributed by atoms with van der Waals surface area (Å²) in [6.45, 7) is 0. The van der Waals surface area contributed by atoms with Gasteiger partial charge in [0.15, 0.2) is 8.07 Å². The second-order valence-corrected chi connectivity index (χ2v) is 16.5. The monoisotopic (exact) mass is 639 g/mol. The fourth-order valence-corrected chi connectivity index (χ4v) is 12.5. The van der Waals surface area contributed by atoms with Gasteiger partial charge < -0.3 is 0 Å². The molecule has 8 aromatic carbocycles. The van der Waals surface area contributed by atoms with Crippen molar-refractivity contribution in [3.63, 3.8) is 0 Å². The lowest BCUT2D eigenvalue weighted by atomic mass is 9.94. The van der Waals surface area contributed by atoms with Crippen LogP contribution in [0.2, 0.25) is 0 Å². The number of para-hydroxylation sites is 1. The topological polar surface area (TPSA) is 12.9 Å². The molecule has 9 aromatic rings. The molecule has 49 heavy (non-hydrogen) atoms. The zero-order valence-corrected chi connectivity index (χ0v) is 28.0. The van der Waals surface area contributed by atoms with E-state index in [1.54, 1.807) is 0 Å². The van der Waals surface area contributed by atoms with E-state index in [2.05, 4.69) is 200 Å². The Morgan fingerprint density at radius 2 is 0.857 bits per heavy atom. The van der Waals surface area contributed by atoms with Crippen LogP contribution in [0.25, 0.3) is 54.8 Å². The van der Waals surface area contributed by atoms with E-state index >= 15 is 0 Å². The SMILES string of the molecule is c1ccc([Si](c2ccccc2)(c2ccccc2)c2ccc(-c3cccc(-c4nc5ccccc5c5c4ccc4ccccc45)c3)cc2)cc1. The fourth-order valence-electron chi connectivity index (χ4n) is 7.77. The van der Waals surface area contributed by atoms with E-state index in [0.717, 1.165) is 16.8 Å². The zero-order chi connectivity index (χ0) is 32.6. The van der Waals surface area contributed by atoms with Crippen LogP contribution in [-0.2, 0) is 0 Å². The number of hydrogen-bond acceptors (Lipinski definition) is 1. The molecule has 9 rings (SSSR count). The molecule has 0 aliphatic rings. The van der Waals surface area contributed by atoms with Gasteiger partial charge in [-0.1, -0.05) is 188 Å². The Morgan fingerprint density at radius 1 is 0.327 bits per heavy atom. The normalized spacial score (nSPS) is 11.7. The van der Waals surface area contributed by atoms with Gasteiger partial charge in [0.05, 0.1) is 11.2 Å². The van der Waals surface area contributed by atoms with Gasteiger partial charge in [-0.2, -0.15) is 0 Å². The summed E-state index contributed by atoms with van der Waals surface area (Å²) in [7, 11) is -2.58. The molecule has 0 atom stereocenters. The zero-order valence-electron chi connectivity index (χ0n) is 27.0. The molecule has 0 aliphatic carbocycles. The van der Waals surface area contributed by atoms with Crippen LogP contribution in [0.15, 0.2) is 200 Å². The Bertz CT molecular complexity index is 2470. The maximum atomic E-state index is 5.27. The van der Waals surface area contributed by atoms with E-state index in [1.807, 2.05) is 0 Å². The van der Waals surface area contributed by atoms with Gasteiger partial charge in [0.1, 0.15) is 0 Å². The van der Waals surface area contributed by atoms with Gasteiger partial charge in [-0.15, -0.1) is 0 Å². The summed E-state index contributed by atoms with van der Waals surface area (Å²) in [6, 6.07) is 73.2. The highest BCUT2D eigenvalue weighted by atomic mass is 28.3. The van der Waals surface area contributed by atoms with Gasteiger partial charge in [-0.05, 0) is 54.8 Å². The fraction of sp³-hybridized carbons (Fsp3) is 0. The van der Waals surface area contributed by atoms with E-state index in [9.17, 15) is 0 Å². The van der Waals surface area contributed by atoms with Crippen LogP contribution >= 0.6 is 0 Å². The average molecular weight is 640 g/mol. The molecule has 230 valence electrons. The maximum Gasteiger partial charge on any atom is 0.179 e. The molecular formula is C47H33NSi. The van der Waals surface area contributed by atoms with E-state index in [1.165, 1.54) is 58.8 Å². The van der Waals surface area contributed by atoms with Gasteiger partial charge >= 0.3 is 0 Å². The summed E-state index contributed by atoms with van der Waals surface area (Å²) >= 11 is 0. The van der Waals surface area contributed by atoms with E-state index in [0.29, 0.717) is 0 Å². The van der Waals surface area contributed by atoms with Crippen molar-refractivity contribution in [3.8, 4) is 22.4 Å². The van der Waals surface area contributed by atoms with Gasteiger partial charge in [0.25, 0.3) is 0 Å². The van der Waals surface area contributed by atoms with Crippen molar-refractivity contribution in [3.05, 3.63) is 200 Å². The third kappa shape index (κ3) is 4.88. The van der Waals surface area contributed by atoms with E-state index in [-0.39, 0.29) is 0 Å². The molecular weight excluding hydrogens is 607 g/mol. The van der Waals surface area contributed by atoms with E-state index in [4.69, 9.17) is 4.98 Å². The minimum Gasteiger partial charge on any atom is -0.247 e. The maximum absolute atomic E-state index is 5.27. The minimum absolute atomic E-state index is 1.01. The van der Waals surface area contributed by atoms with E-state index < -0.39 is 8.07 Å². The molecule has 1 aromatic heterocycles. The van der Waals surface area contributed by atoms with Crippen molar-refractivity contribution >= 4 is 61.3 Å². The molecule has 0 N–H and O–H groups in total. The summed E-state index contributed by atoms with van der Waals surface area (Å²) in [6.07, 6.45) is 0. The number of pyridine rings is 1. The van der Waals surface area contributed by atoms with Gasteiger partial charge in [-0.25, -0.2) is 4.98 Å². The van der Waals surface area contributed by atoms with Crippen LogP contribution in [0.3, 0.4) is 0 Å². The Balaban J connectivity index is 1.20. The number of aromatic nitrogens is 1. The predicted octanol–water partition coefficient (Wildman–Crippen LogP) is 9.25. The van der Waals surface area contributed by atoms with Crippen LogP contribution in [0, 0.1) is 0 Å². The second kappa shape index (κ2) is 12.2. The number of hydrogen-bond donors (Lipinski definition) is 0. The molecule has 1 nitrogen and oxygen atoms in total. The predicted molar refractivity (Wildman–Crippen MR) is 211 cm³/mol. The Morgan fingerprint density at radius 3 is 1.51 bits per heavy atom. The lowest BCUT2D eigenvalue weighted by Crippen LogP contribution is -2.74. The first-order valence-corrected chi connectivity index (χ1v) is 18.9. The molecule has 0 unspecified atom stereocenters. The molecule has 0 fully saturated rings. The smallest absolute Gasteiger partial charge is 0.179 e.